The van der Waals surface area contributed by atoms with E-state index in [0.717, 1.165) is 29.9 Å². The summed E-state index contributed by atoms with van der Waals surface area (Å²) < 4.78 is 0. The van der Waals surface area contributed by atoms with Crippen molar-refractivity contribution in [2.45, 2.75) is 25.9 Å². The first kappa shape index (κ1) is 22.1. The number of nitrogens with one attached hydrogen (secondary N) is 2. The van der Waals surface area contributed by atoms with Gasteiger partial charge in [0.2, 0.25) is 0 Å². The number of carbonyl (C=O) groups is 1. The Morgan fingerprint density at radius 2 is 1.83 bits per heavy atom. The number of nitrogens with zero attached hydrogens (tertiary/aromatic N) is 2. The third-order valence-electron chi connectivity index (χ3n) is 5.64. The van der Waals surface area contributed by atoms with Gasteiger partial charge < -0.3 is 25.5 Å². The maximum atomic E-state index is 12.5. The van der Waals surface area contributed by atoms with Gasteiger partial charge in [-0.05, 0) is 63.2 Å². The summed E-state index contributed by atoms with van der Waals surface area (Å²) in [5.41, 5.74) is 3.93. The fraction of sp³-hybridized carbons (Fsp3) is 0.458. The van der Waals surface area contributed by atoms with Gasteiger partial charge in [-0.15, -0.1) is 0 Å². The Morgan fingerprint density at radius 1 is 1.13 bits per heavy atom. The summed E-state index contributed by atoms with van der Waals surface area (Å²) in [7, 11) is 3.94. The number of rotatable bonds is 8. The molecule has 0 unspecified atom stereocenters. The predicted octanol–water partition coefficient (Wildman–Crippen LogP) is 3.63. The van der Waals surface area contributed by atoms with Crippen LogP contribution in [0.3, 0.4) is 0 Å². The zero-order valence-electron chi connectivity index (χ0n) is 18.3. The molecule has 0 aliphatic carbocycles. The van der Waals surface area contributed by atoms with E-state index in [1.165, 1.54) is 18.5 Å². The van der Waals surface area contributed by atoms with Gasteiger partial charge in [0.05, 0.1) is 6.10 Å². The molecule has 2 aromatic carbocycles. The predicted molar refractivity (Wildman–Crippen MR) is 123 cm³/mol. The van der Waals surface area contributed by atoms with Crippen molar-refractivity contribution in [3.63, 3.8) is 0 Å². The second kappa shape index (κ2) is 10.5. The molecule has 0 radical (unpaired) electrons. The monoisotopic (exact) mass is 410 g/mol. The smallest absolute Gasteiger partial charge is 0.319 e. The van der Waals surface area contributed by atoms with E-state index in [4.69, 9.17) is 0 Å². The van der Waals surface area contributed by atoms with Crippen LogP contribution >= 0.6 is 0 Å². The Bertz CT molecular complexity index is 819. The summed E-state index contributed by atoms with van der Waals surface area (Å²) in [4.78, 5) is 16.9. The number of amides is 2. The fourth-order valence-electron chi connectivity index (χ4n) is 4.02. The van der Waals surface area contributed by atoms with Crippen molar-refractivity contribution in [3.8, 4) is 0 Å². The molecule has 1 aliphatic heterocycles. The second-order valence-electron chi connectivity index (χ2n) is 8.41. The van der Waals surface area contributed by atoms with Gasteiger partial charge in [-0.1, -0.05) is 30.3 Å². The molecule has 3 rings (SSSR count). The van der Waals surface area contributed by atoms with Crippen LogP contribution in [0.15, 0.2) is 48.5 Å². The third-order valence-corrected chi connectivity index (χ3v) is 5.64. The van der Waals surface area contributed by atoms with E-state index in [2.05, 4.69) is 27.7 Å². The largest absolute Gasteiger partial charge is 0.388 e. The van der Waals surface area contributed by atoms with Gasteiger partial charge >= 0.3 is 6.03 Å². The van der Waals surface area contributed by atoms with E-state index in [9.17, 15) is 9.90 Å². The summed E-state index contributed by atoms with van der Waals surface area (Å²) in [6.07, 6.45) is 1.84. The summed E-state index contributed by atoms with van der Waals surface area (Å²) in [6, 6.07) is 15.5. The molecule has 0 bridgehead atoms. The third kappa shape index (κ3) is 5.97. The molecule has 2 atom stereocenters. The molecule has 0 saturated carbocycles. The van der Waals surface area contributed by atoms with Gasteiger partial charge in [0.25, 0.3) is 0 Å². The van der Waals surface area contributed by atoms with Crippen LogP contribution in [-0.2, 0) is 0 Å². The molecule has 30 heavy (non-hydrogen) atoms. The Balaban J connectivity index is 1.58. The highest BCUT2D eigenvalue weighted by molar-refractivity contribution is 5.90. The highest BCUT2D eigenvalue weighted by atomic mass is 16.3. The molecule has 0 spiro atoms. The van der Waals surface area contributed by atoms with Crippen molar-refractivity contribution < 1.29 is 9.90 Å². The second-order valence-corrected chi connectivity index (χ2v) is 8.41. The van der Waals surface area contributed by atoms with Crippen LogP contribution in [0.4, 0.5) is 16.2 Å². The van der Waals surface area contributed by atoms with Crippen LogP contribution in [0.5, 0.6) is 0 Å². The Morgan fingerprint density at radius 3 is 2.47 bits per heavy atom. The molecule has 1 heterocycles. The van der Waals surface area contributed by atoms with Crippen LogP contribution in [0, 0.1) is 12.8 Å². The number of hydrogen-bond donors (Lipinski definition) is 3. The minimum absolute atomic E-state index is 0.119. The average molecular weight is 411 g/mol. The first-order valence-corrected chi connectivity index (χ1v) is 10.7. The number of aliphatic hydroxyl groups is 1. The van der Waals surface area contributed by atoms with E-state index >= 15 is 0 Å². The van der Waals surface area contributed by atoms with Crippen LogP contribution in [-0.4, -0.2) is 56.3 Å². The minimum Gasteiger partial charge on any atom is -0.388 e. The SMILES string of the molecule is Cc1cc(N2CCCC2)ccc1NC(=O)NC[C@H](CN(C)C)[C@H](O)c1ccccc1. The van der Waals surface area contributed by atoms with E-state index in [0.29, 0.717) is 13.1 Å². The number of aryl methyl sites for hydroxylation is 1. The maximum absolute atomic E-state index is 12.5. The van der Waals surface area contributed by atoms with Crippen LogP contribution in [0.2, 0.25) is 0 Å². The molecular weight excluding hydrogens is 376 g/mol. The molecule has 1 saturated heterocycles. The van der Waals surface area contributed by atoms with Gasteiger partial charge in [0, 0.05) is 43.5 Å². The van der Waals surface area contributed by atoms with Gasteiger partial charge in [-0.2, -0.15) is 0 Å². The molecular formula is C24H34N4O2. The highest BCUT2D eigenvalue weighted by Crippen LogP contribution is 2.26. The zero-order chi connectivity index (χ0) is 21.5. The molecule has 2 aromatic rings. The number of hydrogen-bond acceptors (Lipinski definition) is 4. The van der Waals surface area contributed by atoms with Crippen LogP contribution in [0.1, 0.15) is 30.1 Å². The van der Waals surface area contributed by atoms with E-state index in [-0.39, 0.29) is 11.9 Å². The number of carbonyl (C=O) groups excluding carboxylic acids is 1. The van der Waals surface area contributed by atoms with Crippen molar-refractivity contribution in [2.24, 2.45) is 5.92 Å². The lowest BCUT2D eigenvalue weighted by atomic mass is 9.95. The molecule has 1 aliphatic rings. The first-order chi connectivity index (χ1) is 14.4. The average Bonchev–Trinajstić information content (AvgIpc) is 3.27. The Labute approximate surface area is 179 Å². The number of urea groups is 1. The minimum atomic E-state index is -0.643. The van der Waals surface area contributed by atoms with Crippen LogP contribution in [0.25, 0.3) is 0 Å². The number of aliphatic hydroxyl groups excluding tert-OH is 1. The topological polar surface area (TPSA) is 67.8 Å². The van der Waals surface area contributed by atoms with E-state index < -0.39 is 6.10 Å². The molecule has 6 heteroatoms. The normalized spacial score (nSPS) is 15.8. The lowest BCUT2D eigenvalue weighted by molar-refractivity contribution is 0.0911. The summed E-state index contributed by atoms with van der Waals surface area (Å²) in [5.74, 6) is -0.119. The zero-order valence-corrected chi connectivity index (χ0v) is 18.3. The fourth-order valence-corrected chi connectivity index (χ4v) is 4.02. The van der Waals surface area contributed by atoms with Crippen molar-refractivity contribution in [1.29, 1.82) is 0 Å². The Hall–Kier alpha value is -2.57. The number of benzene rings is 2. The number of anilines is 2. The molecule has 6 nitrogen and oxygen atoms in total. The summed E-state index contributed by atoms with van der Waals surface area (Å²) >= 11 is 0. The molecule has 0 aromatic heterocycles. The molecule has 162 valence electrons. The van der Waals surface area contributed by atoms with Crippen molar-refractivity contribution in [1.82, 2.24) is 10.2 Å². The lowest BCUT2D eigenvalue weighted by Crippen LogP contribution is -2.39. The lowest BCUT2D eigenvalue weighted by Gasteiger charge is -2.26. The van der Waals surface area contributed by atoms with Gasteiger partial charge in [-0.25, -0.2) is 4.79 Å². The quantitative estimate of drug-likeness (QED) is 0.622. The molecule has 3 N–H and O–H groups in total. The van der Waals surface area contributed by atoms with Crippen molar-refractivity contribution in [2.75, 3.05) is 50.5 Å². The van der Waals surface area contributed by atoms with Crippen LogP contribution < -0.4 is 15.5 Å². The molecule has 2 amide bonds. The first-order valence-electron chi connectivity index (χ1n) is 10.7. The van der Waals surface area contributed by atoms with Crippen molar-refractivity contribution >= 4 is 17.4 Å². The van der Waals surface area contributed by atoms with Gasteiger partial charge in [-0.3, -0.25) is 0 Å². The standard InChI is InChI=1S/C24H34N4O2/c1-18-15-21(28-13-7-8-14-28)11-12-22(18)26-24(30)25-16-20(17-27(2)3)23(29)19-9-5-4-6-10-19/h4-6,9-12,15,20,23,29H,7-8,13-14,16-17H2,1-3H3,(H2,25,26,30)/t20-,23-/m1/s1. The highest BCUT2D eigenvalue weighted by Gasteiger charge is 2.22. The maximum Gasteiger partial charge on any atom is 0.319 e. The summed E-state index contributed by atoms with van der Waals surface area (Å²) in [5, 5.41) is 16.7. The van der Waals surface area contributed by atoms with Gasteiger partial charge in [0.15, 0.2) is 0 Å². The van der Waals surface area contributed by atoms with E-state index in [1.807, 2.05) is 62.3 Å². The van der Waals surface area contributed by atoms with Crippen molar-refractivity contribution in [3.05, 3.63) is 59.7 Å². The molecule has 1 fully saturated rings. The Kier molecular flexibility index (Phi) is 7.71. The van der Waals surface area contributed by atoms with Gasteiger partial charge in [0.1, 0.15) is 0 Å². The van der Waals surface area contributed by atoms with E-state index in [1.54, 1.807) is 0 Å². The summed E-state index contributed by atoms with van der Waals surface area (Å²) in [6.45, 7) is 5.27.